The monoisotopic (exact) mass is 971 g/mol. The highest BCUT2D eigenvalue weighted by Gasteiger charge is 2.19. The van der Waals surface area contributed by atoms with Crippen molar-refractivity contribution in [2.75, 3.05) is 13.2 Å². The van der Waals surface area contributed by atoms with Crippen molar-refractivity contribution in [3.63, 3.8) is 0 Å². The Balaban J connectivity index is 4.31. The minimum absolute atomic E-state index is 0.0738. The molecular weight excluding hydrogens is 853 g/mol. The lowest BCUT2D eigenvalue weighted by molar-refractivity contribution is -0.167. The molecule has 0 saturated carbocycles. The molecule has 406 valence electrons. The maximum Gasteiger partial charge on any atom is 0.306 e. The first-order valence-electron chi connectivity index (χ1n) is 30.8. The molecule has 0 amide bonds. The number of carbonyl (C=O) groups is 3. The smallest absolute Gasteiger partial charge is 0.306 e. The molecule has 0 aliphatic heterocycles. The fraction of sp³-hybridized carbons (Fsp3) is 0.889. The Morgan fingerprint density at radius 2 is 0.478 bits per heavy atom. The summed E-state index contributed by atoms with van der Waals surface area (Å²) in [5, 5.41) is 0. The summed E-state index contributed by atoms with van der Waals surface area (Å²) in [6.45, 7) is 6.67. The molecule has 0 aromatic rings. The van der Waals surface area contributed by atoms with E-state index < -0.39 is 6.10 Å². The van der Waals surface area contributed by atoms with E-state index in [2.05, 4.69) is 45.1 Å². The van der Waals surface area contributed by atoms with E-state index in [1.807, 2.05) is 0 Å². The van der Waals surface area contributed by atoms with Crippen LogP contribution in [0, 0.1) is 0 Å². The van der Waals surface area contributed by atoms with Crippen LogP contribution in [0.25, 0.3) is 0 Å². The number of unbranched alkanes of at least 4 members (excludes halogenated alkanes) is 42. The van der Waals surface area contributed by atoms with Crippen molar-refractivity contribution in [2.45, 2.75) is 348 Å². The molecule has 0 aliphatic carbocycles. The van der Waals surface area contributed by atoms with Gasteiger partial charge in [0.15, 0.2) is 6.10 Å². The zero-order valence-electron chi connectivity index (χ0n) is 46.6. The zero-order chi connectivity index (χ0) is 50.0. The van der Waals surface area contributed by atoms with Gasteiger partial charge in [-0.05, 0) is 70.6 Å². The molecule has 69 heavy (non-hydrogen) atoms. The molecule has 6 nitrogen and oxygen atoms in total. The summed E-state index contributed by atoms with van der Waals surface area (Å²) in [5.41, 5.74) is 0. The van der Waals surface area contributed by atoms with Crippen molar-refractivity contribution in [1.82, 2.24) is 0 Å². The second-order valence-electron chi connectivity index (χ2n) is 21.0. The van der Waals surface area contributed by atoms with Crippen molar-refractivity contribution in [3.8, 4) is 0 Å². The van der Waals surface area contributed by atoms with Gasteiger partial charge in [-0.15, -0.1) is 0 Å². The van der Waals surface area contributed by atoms with Gasteiger partial charge in [0.2, 0.25) is 0 Å². The van der Waals surface area contributed by atoms with Gasteiger partial charge in [0.25, 0.3) is 0 Å². The SMILES string of the molecule is CCCCCCCC/C=C\CCCCCCCC(=O)OCC(COC(=O)CCCCCCC/C=C\CCCCCCCC)OC(=O)CCCCCCCCCCCCCCCCCCCCCCC. The van der Waals surface area contributed by atoms with Gasteiger partial charge in [0, 0.05) is 19.3 Å². The summed E-state index contributed by atoms with van der Waals surface area (Å²) in [6.07, 6.45) is 68.9. The van der Waals surface area contributed by atoms with Crippen LogP contribution in [0.4, 0.5) is 0 Å². The minimum atomic E-state index is -0.775. The number of hydrogen-bond donors (Lipinski definition) is 0. The average Bonchev–Trinajstić information content (AvgIpc) is 3.35. The molecule has 0 unspecified atom stereocenters. The molecule has 0 rings (SSSR count). The zero-order valence-corrected chi connectivity index (χ0v) is 46.6. The quantitative estimate of drug-likeness (QED) is 0.0261. The molecule has 0 aliphatic rings. The van der Waals surface area contributed by atoms with Crippen LogP contribution in [0.15, 0.2) is 24.3 Å². The highest BCUT2D eigenvalue weighted by molar-refractivity contribution is 5.71. The van der Waals surface area contributed by atoms with Gasteiger partial charge < -0.3 is 14.2 Å². The molecule has 6 heteroatoms. The minimum Gasteiger partial charge on any atom is -0.462 e. The van der Waals surface area contributed by atoms with Crippen LogP contribution >= 0.6 is 0 Å². The van der Waals surface area contributed by atoms with Crippen LogP contribution < -0.4 is 0 Å². The number of allylic oxidation sites excluding steroid dienone is 4. The first kappa shape index (κ1) is 66.9. The van der Waals surface area contributed by atoms with Crippen LogP contribution in [0.2, 0.25) is 0 Å². The lowest BCUT2D eigenvalue weighted by atomic mass is 10.0. The van der Waals surface area contributed by atoms with Crippen LogP contribution in [-0.4, -0.2) is 37.2 Å². The van der Waals surface area contributed by atoms with Gasteiger partial charge >= 0.3 is 17.9 Å². The second kappa shape index (κ2) is 58.5. The topological polar surface area (TPSA) is 78.9 Å². The van der Waals surface area contributed by atoms with E-state index in [-0.39, 0.29) is 31.1 Å². The van der Waals surface area contributed by atoms with Gasteiger partial charge in [-0.1, -0.05) is 276 Å². The van der Waals surface area contributed by atoms with Crippen LogP contribution in [-0.2, 0) is 28.6 Å². The predicted octanol–water partition coefficient (Wildman–Crippen LogP) is 20.7. The normalized spacial score (nSPS) is 11.7. The fourth-order valence-electron chi connectivity index (χ4n) is 9.26. The molecule has 0 aromatic carbocycles. The van der Waals surface area contributed by atoms with Crippen molar-refractivity contribution in [2.24, 2.45) is 0 Å². The molecule has 0 spiro atoms. The summed E-state index contributed by atoms with van der Waals surface area (Å²) in [5.74, 6) is -0.866. The van der Waals surface area contributed by atoms with Crippen molar-refractivity contribution < 1.29 is 28.6 Å². The Hall–Kier alpha value is -2.11. The second-order valence-corrected chi connectivity index (χ2v) is 21.0. The number of ether oxygens (including phenoxy) is 3. The Bertz CT molecular complexity index is 1060. The number of rotatable bonds is 57. The highest BCUT2D eigenvalue weighted by Crippen LogP contribution is 2.17. The molecule has 0 radical (unpaired) electrons. The number of carbonyl (C=O) groups excluding carboxylic acids is 3. The standard InChI is InChI=1S/C63H118O6/c1-4-7-10-13-16-19-22-25-28-29-30-31-32-33-36-39-42-45-48-51-54-57-63(66)69-60(58-67-61(64)55-52-49-46-43-40-37-34-26-23-20-17-14-11-8-5-2)59-68-62(65)56-53-50-47-44-41-38-35-27-24-21-18-15-12-9-6-3/h26-27,34-35,60H,4-25,28-33,36-59H2,1-3H3/b34-26-,35-27-. The van der Waals surface area contributed by atoms with Crippen molar-refractivity contribution in [1.29, 1.82) is 0 Å². The fourth-order valence-corrected chi connectivity index (χ4v) is 9.26. The van der Waals surface area contributed by atoms with Crippen LogP contribution in [0.5, 0.6) is 0 Å². The maximum absolute atomic E-state index is 12.9. The Kier molecular flexibility index (Phi) is 56.7. The first-order chi connectivity index (χ1) is 34.0. The van der Waals surface area contributed by atoms with Crippen LogP contribution in [0.3, 0.4) is 0 Å². The van der Waals surface area contributed by atoms with Crippen molar-refractivity contribution >= 4 is 17.9 Å². The van der Waals surface area contributed by atoms with E-state index in [0.717, 1.165) is 70.6 Å². The highest BCUT2D eigenvalue weighted by atomic mass is 16.6. The molecule has 0 saturated heterocycles. The molecular formula is C63H118O6. The van der Waals surface area contributed by atoms with Gasteiger partial charge in [0.1, 0.15) is 13.2 Å². The Labute approximate surface area is 430 Å². The van der Waals surface area contributed by atoms with E-state index >= 15 is 0 Å². The Morgan fingerprint density at radius 1 is 0.275 bits per heavy atom. The summed E-state index contributed by atoms with van der Waals surface area (Å²) in [6, 6.07) is 0. The Morgan fingerprint density at radius 3 is 0.725 bits per heavy atom. The summed E-state index contributed by atoms with van der Waals surface area (Å²) in [4.78, 5) is 38.2. The lowest BCUT2D eigenvalue weighted by Gasteiger charge is -2.18. The lowest BCUT2D eigenvalue weighted by Crippen LogP contribution is -2.30. The summed E-state index contributed by atoms with van der Waals surface area (Å²) < 4.78 is 16.9. The number of esters is 3. The van der Waals surface area contributed by atoms with Crippen molar-refractivity contribution in [3.05, 3.63) is 24.3 Å². The van der Waals surface area contributed by atoms with E-state index in [9.17, 15) is 14.4 Å². The molecule has 0 heterocycles. The summed E-state index contributed by atoms with van der Waals surface area (Å²) >= 11 is 0. The van der Waals surface area contributed by atoms with E-state index in [4.69, 9.17) is 14.2 Å². The predicted molar refractivity (Wildman–Crippen MR) is 298 cm³/mol. The molecule has 0 bridgehead atoms. The third-order valence-electron chi connectivity index (χ3n) is 13.9. The largest absolute Gasteiger partial charge is 0.462 e. The van der Waals surface area contributed by atoms with Gasteiger partial charge in [-0.2, -0.15) is 0 Å². The van der Waals surface area contributed by atoms with E-state index in [1.165, 1.54) is 231 Å². The first-order valence-corrected chi connectivity index (χ1v) is 30.8. The third-order valence-corrected chi connectivity index (χ3v) is 13.9. The van der Waals surface area contributed by atoms with Gasteiger partial charge in [0.05, 0.1) is 0 Å². The molecule has 0 aromatic heterocycles. The van der Waals surface area contributed by atoms with Crippen LogP contribution in [0.1, 0.15) is 342 Å². The average molecular weight is 972 g/mol. The third kappa shape index (κ3) is 56.7. The van der Waals surface area contributed by atoms with E-state index in [0.29, 0.717) is 19.3 Å². The van der Waals surface area contributed by atoms with Gasteiger partial charge in [-0.25, -0.2) is 0 Å². The molecule has 0 N–H and O–H groups in total. The van der Waals surface area contributed by atoms with Gasteiger partial charge in [-0.3, -0.25) is 14.4 Å². The molecule has 0 atom stereocenters. The number of hydrogen-bond acceptors (Lipinski definition) is 6. The molecule has 0 fully saturated rings. The summed E-state index contributed by atoms with van der Waals surface area (Å²) in [7, 11) is 0. The van der Waals surface area contributed by atoms with E-state index in [1.54, 1.807) is 0 Å². The maximum atomic E-state index is 12.9.